The summed E-state index contributed by atoms with van der Waals surface area (Å²) in [6.07, 6.45) is 5.40. The fourth-order valence-electron chi connectivity index (χ4n) is 2.89. The monoisotopic (exact) mass is 224 g/mol. The van der Waals surface area contributed by atoms with Crippen LogP contribution in [-0.2, 0) is 9.59 Å². The molecule has 1 aliphatic rings. The lowest BCUT2D eigenvalue weighted by atomic mass is 9.63. The molecule has 16 heavy (non-hydrogen) atoms. The average Bonchev–Trinajstić information content (AvgIpc) is 2.16. The molecule has 1 saturated carbocycles. The molecule has 0 aliphatic heterocycles. The molecule has 0 saturated heterocycles. The molecule has 1 fully saturated rings. The number of carbonyl (C=O) groups is 2. The Bertz CT molecular complexity index is 265. The highest BCUT2D eigenvalue weighted by Crippen LogP contribution is 2.45. The third kappa shape index (κ3) is 3.16. The highest BCUT2D eigenvalue weighted by Gasteiger charge is 2.39. The maximum Gasteiger partial charge on any atom is 0.130 e. The van der Waals surface area contributed by atoms with E-state index >= 15 is 0 Å². The molecule has 0 unspecified atom stereocenters. The fraction of sp³-hybridized carbons (Fsp3) is 0.857. The molecule has 2 nitrogen and oxygen atoms in total. The Balaban J connectivity index is 2.64. The average molecular weight is 224 g/mol. The van der Waals surface area contributed by atoms with E-state index in [-0.39, 0.29) is 11.2 Å². The van der Waals surface area contributed by atoms with Gasteiger partial charge in [0.05, 0.1) is 0 Å². The van der Waals surface area contributed by atoms with E-state index in [1.807, 2.05) is 0 Å². The van der Waals surface area contributed by atoms with Crippen LogP contribution in [0.4, 0.5) is 0 Å². The molecular formula is C14H24O2. The summed E-state index contributed by atoms with van der Waals surface area (Å²) in [5, 5.41) is 0. The minimum absolute atomic E-state index is 0.140. The highest BCUT2D eigenvalue weighted by atomic mass is 16.1. The molecule has 0 aromatic rings. The van der Waals surface area contributed by atoms with Crippen LogP contribution in [0.25, 0.3) is 0 Å². The molecule has 0 radical (unpaired) electrons. The molecule has 0 N–H and O–H groups in total. The van der Waals surface area contributed by atoms with Crippen LogP contribution in [0, 0.1) is 16.7 Å². The van der Waals surface area contributed by atoms with Crippen molar-refractivity contribution in [1.29, 1.82) is 0 Å². The predicted octanol–water partition coefficient (Wildman–Crippen LogP) is 3.39. The second-order valence-electron chi connectivity index (χ2n) is 6.50. The van der Waals surface area contributed by atoms with Gasteiger partial charge < -0.3 is 4.79 Å². The van der Waals surface area contributed by atoms with Crippen LogP contribution in [-0.4, -0.2) is 12.1 Å². The van der Waals surface area contributed by atoms with Gasteiger partial charge in [0.25, 0.3) is 0 Å². The van der Waals surface area contributed by atoms with E-state index in [0.29, 0.717) is 17.8 Å². The summed E-state index contributed by atoms with van der Waals surface area (Å²) in [5.74, 6) is 0.828. The molecule has 0 aromatic carbocycles. The molecule has 1 aliphatic carbocycles. The van der Waals surface area contributed by atoms with Gasteiger partial charge in [-0.25, -0.2) is 0 Å². The maximum atomic E-state index is 11.2. The van der Waals surface area contributed by atoms with Gasteiger partial charge in [0.15, 0.2) is 0 Å². The summed E-state index contributed by atoms with van der Waals surface area (Å²) in [5.41, 5.74) is -0.0150. The van der Waals surface area contributed by atoms with Crippen molar-refractivity contribution in [3.63, 3.8) is 0 Å². The lowest BCUT2D eigenvalue weighted by molar-refractivity contribution is -0.127. The topological polar surface area (TPSA) is 34.1 Å². The Hall–Kier alpha value is -0.660. The van der Waals surface area contributed by atoms with Crippen molar-refractivity contribution in [3.05, 3.63) is 0 Å². The van der Waals surface area contributed by atoms with E-state index in [9.17, 15) is 9.59 Å². The molecule has 0 aromatic heterocycles. The Morgan fingerprint density at radius 3 is 2.12 bits per heavy atom. The molecule has 92 valence electrons. The first-order chi connectivity index (χ1) is 7.29. The zero-order chi connectivity index (χ0) is 12.4. The zero-order valence-corrected chi connectivity index (χ0v) is 11.0. The second-order valence-corrected chi connectivity index (χ2v) is 6.50. The van der Waals surface area contributed by atoms with E-state index in [0.717, 1.165) is 32.0 Å². The number of carbonyl (C=O) groups excluding carboxylic acids is 2. The van der Waals surface area contributed by atoms with E-state index < -0.39 is 0 Å². The molecule has 0 amide bonds. The molecule has 0 heterocycles. The van der Waals surface area contributed by atoms with Gasteiger partial charge in [0, 0.05) is 11.8 Å². The third-order valence-corrected chi connectivity index (χ3v) is 4.06. The van der Waals surface area contributed by atoms with Crippen molar-refractivity contribution < 1.29 is 9.59 Å². The number of ketones is 1. The molecule has 0 atom stereocenters. The number of hydrogen-bond donors (Lipinski definition) is 0. The summed E-state index contributed by atoms with van der Waals surface area (Å²) in [6, 6.07) is 0. The first-order valence-corrected chi connectivity index (χ1v) is 6.25. The smallest absolute Gasteiger partial charge is 0.130 e. The highest BCUT2D eigenvalue weighted by molar-refractivity contribution is 5.80. The van der Waals surface area contributed by atoms with Crippen LogP contribution in [0.1, 0.15) is 59.8 Å². The molecule has 1 rings (SSSR count). The SMILES string of the molecule is CC(=O)CC1(C=O)CCC(C(C)(C)C)CC1. The fourth-order valence-corrected chi connectivity index (χ4v) is 2.89. The Labute approximate surface area is 98.8 Å². The number of rotatable bonds is 3. The standard InChI is InChI=1S/C14H24O2/c1-11(16)9-14(10-15)7-5-12(6-8-14)13(2,3)4/h10,12H,5-9H2,1-4H3. The summed E-state index contributed by atoms with van der Waals surface area (Å²) in [4.78, 5) is 22.4. The van der Waals surface area contributed by atoms with Crippen LogP contribution in [0.15, 0.2) is 0 Å². The summed E-state index contributed by atoms with van der Waals surface area (Å²) in [6.45, 7) is 8.37. The number of hydrogen-bond acceptors (Lipinski definition) is 2. The third-order valence-electron chi connectivity index (χ3n) is 4.06. The van der Waals surface area contributed by atoms with Crippen molar-refractivity contribution in [2.45, 2.75) is 59.8 Å². The summed E-state index contributed by atoms with van der Waals surface area (Å²) >= 11 is 0. The van der Waals surface area contributed by atoms with Crippen molar-refractivity contribution in [1.82, 2.24) is 0 Å². The van der Waals surface area contributed by atoms with E-state index in [1.165, 1.54) is 0 Å². The van der Waals surface area contributed by atoms with Crippen LogP contribution < -0.4 is 0 Å². The van der Waals surface area contributed by atoms with Crippen molar-refractivity contribution >= 4 is 12.1 Å². The molecule has 0 spiro atoms. The van der Waals surface area contributed by atoms with Gasteiger partial charge in [0.2, 0.25) is 0 Å². The van der Waals surface area contributed by atoms with E-state index in [1.54, 1.807) is 6.92 Å². The lowest BCUT2D eigenvalue weighted by Crippen LogP contribution is -2.34. The summed E-state index contributed by atoms with van der Waals surface area (Å²) in [7, 11) is 0. The van der Waals surface area contributed by atoms with Crippen LogP contribution >= 0.6 is 0 Å². The number of Topliss-reactive ketones (excluding diaryl/α,β-unsaturated/α-hetero) is 1. The first-order valence-electron chi connectivity index (χ1n) is 6.25. The van der Waals surface area contributed by atoms with Gasteiger partial charge in [-0.1, -0.05) is 20.8 Å². The van der Waals surface area contributed by atoms with Gasteiger partial charge in [-0.05, 0) is 43.9 Å². The first kappa shape index (κ1) is 13.4. The molecular weight excluding hydrogens is 200 g/mol. The quantitative estimate of drug-likeness (QED) is 0.689. The van der Waals surface area contributed by atoms with Gasteiger partial charge in [0.1, 0.15) is 12.1 Å². The van der Waals surface area contributed by atoms with Crippen LogP contribution in [0.5, 0.6) is 0 Å². The second kappa shape index (κ2) is 4.68. The predicted molar refractivity (Wildman–Crippen MR) is 65.2 cm³/mol. The Kier molecular flexibility index (Phi) is 3.92. The molecule has 0 bridgehead atoms. The number of aldehydes is 1. The van der Waals surface area contributed by atoms with Crippen molar-refractivity contribution in [2.75, 3.05) is 0 Å². The normalized spacial score (nSPS) is 31.1. The minimum atomic E-state index is -0.340. The Morgan fingerprint density at radius 2 is 1.81 bits per heavy atom. The zero-order valence-electron chi connectivity index (χ0n) is 11.0. The van der Waals surface area contributed by atoms with Crippen LogP contribution in [0.2, 0.25) is 0 Å². The maximum absolute atomic E-state index is 11.2. The van der Waals surface area contributed by atoms with Crippen LogP contribution in [0.3, 0.4) is 0 Å². The van der Waals surface area contributed by atoms with E-state index in [2.05, 4.69) is 20.8 Å². The minimum Gasteiger partial charge on any atom is -0.303 e. The largest absolute Gasteiger partial charge is 0.303 e. The van der Waals surface area contributed by atoms with Gasteiger partial charge in [-0.2, -0.15) is 0 Å². The van der Waals surface area contributed by atoms with Crippen molar-refractivity contribution in [2.24, 2.45) is 16.7 Å². The lowest BCUT2D eigenvalue weighted by Gasteiger charge is -2.41. The van der Waals surface area contributed by atoms with Gasteiger partial charge in [-0.3, -0.25) is 4.79 Å². The van der Waals surface area contributed by atoms with E-state index in [4.69, 9.17) is 0 Å². The van der Waals surface area contributed by atoms with Gasteiger partial charge in [-0.15, -0.1) is 0 Å². The Morgan fingerprint density at radius 1 is 1.31 bits per heavy atom. The molecule has 2 heteroatoms. The van der Waals surface area contributed by atoms with Crippen molar-refractivity contribution in [3.8, 4) is 0 Å². The van der Waals surface area contributed by atoms with Gasteiger partial charge >= 0.3 is 0 Å². The summed E-state index contributed by atoms with van der Waals surface area (Å²) < 4.78 is 0.